The molecule has 0 aromatic heterocycles. The highest BCUT2D eigenvalue weighted by atomic mass is 32.2. The first-order valence-corrected chi connectivity index (χ1v) is 5.64. The van der Waals surface area contributed by atoms with Crippen LogP contribution in [0.5, 0.6) is 0 Å². The fourth-order valence-corrected chi connectivity index (χ4v) is 2.33. The van der Waals surface area contributed by atoms with Crippen molar-refractivity contribution in [2.45, 2.75) is 31.2 Å². The minimum absolute atomic E-state index is 0.102. The highest BCUT2D eigenvalue weighted by Gasteiger charge is 2.22. The molecule has 0 bridgehead atoms. The molecule has 1 aliphatic heterocycles. The summed E-state index contributed by atoms with van der Waals surface area (Å²) in [6.45, 7) is 4.00. The van der Waals surface area contributed by atoms with E-state index in [-0.39, 0.29) is 11.2 Å². The lowest BCUT2D eigenvalue weighted by Crippen LogP contribution is -2.18. The summed E-state index contributed by atoms with van der Waals surface area (Å²) in [5, 5.41) is 0.168. The Balaban J connectivity index is 0.000000461. The monoisotopic (exact) mass is 209 g/mol. The highest BCUT2D eigenvalue weighted by Crippen LogP contribution is 2.35. The Morgan fingerprint density at radius 3 is 2.71 bits per heavy atom. The van der Waals surface area contributed by atoms with Gasteiger partial charge < -0.3 is 5.73 Å². The maximum atomic E-state index is 11.1. The number of hydrogen-bond donors (Lipinski definition) is 1. The van der Waals surface area contributed by atoms with Crippen LogP contribution in [-0.2, 0) is 4.79 Å². The predicted octanol–water partition coefficient (Wildman–Crippen LogP) is 2.74. The van der Waals surface area contributed by atoms with Crippen LogP contribution in [-0.4, -0.2) is 5.12 Å². The summed E-state index contributed by atoms with van der Waals surface area (Å²) in [4.78, 5) is 12.1. The summed E-state index contributed by atoms with van der Waals surface area (Å²) in [7, 11) is 0. The Labute approximate surface area is 88.9 Å². The van der Waals surface area contributed by atoms with E-state index in [1.807, 2.05) is 38.1 Å². The standard InChI is InChI=1S/C9H9NOS.C2H6/c10-7-5-9(11)12-8-4-2-1-3-6(7)8;1-2/h1-4,7H,5,10H2;1-2H3. The summed E-state index contributed by atoms with van der Waals surface area (Å²) >= 11 is 1.30. The lowest BCUT2D eigenvalue weighted by molar-refractivity contribution is -0.111. The second kappa shape index (κ2) is 5.17. The lowest BCUT2D eigenvalue weighted by atomic mass is 10.1. The van der Waals surface area contributed by atoms with Gasteiger partial charge in [-0.2, -0.15) is 0 Å². The summed E-state index contributed by atoms with van der Waals surface area (Å²) in [6.07, 6.45) is 0.460. The Morgan fingerprint density at radius 1 is 1.36 bits per heavy atom. The van der Waals surface area contributed by atoms with Gasteiger partial charge in [0.15, 0.2) is 5.12 Å². The molecule has 1 atom stereocenters. The first-order chi connectivity index (χ1) is 6.77. The molecule has 0 amide bonds. The van der Waals surface area contributed by atoms with Gasteiger partial charge in [-0.05, 0) is 11.6 Å². The molecule has 76 valence electrons. The summed E-state index contributed by atoms with van der Waals surface area (Å²) in [5.74, 6) is 0. The molecule has 14 heavy (non-hydrogen) atoms. The SMILES string of the molecule is CC.NC1CC(=O)Sc2ccccc21. The third-order valence-corrected chi connectivity index (χ3v) is 2.91. The van der Waals surface area contributed by atoms with Gasteiger partial charge in [-0.25, -0.2) is 0 Å². The number of carbonyl (C=O) groups is 1. The van der Waals surface area contributed by atoms with Crippen LogP contribution in [0.4, 0.5) is 0 Å². The molecule has 1 aromatic rings. The number of hydrogen-bond acceptors (Lipinski definition) is 3. The van der Waals surface area contributed by atoms with Crippen LogP contribution in [0.3, 0.4) is 0 Å². The Hall–Kier alpha value is -0.800. The van der Waals surface area contributed by atoms with Crippen LogP contribution < -0.4 is 5.73 Å². The van der Waals surface area contributed by atoms with E-state index in [0.717, 1.165) is 10.5 Å². The maximum Gasteiger partial charge on any atom is 0.195 e. The molecule has 2 rings (SSSR count). The maximum absolute atomic E-state index is 11.1. The van der Waals surface area contributed by atoms with Crippen molar-refractivity contribution in [3.8, 4) is 0 Å². The molecule has 1 heterocycles. The van der Waals surface area contributed by atoms with Crippen molar-refractivity contribution in [1.82, 2.24) is 0 Å². The van der Waals surface area contributed by atoms with Crippen molar-refractivity contribution in [3.63, 3.8) is 0 Å². The van der Waals surface area contributed by atoms with Gasteiger partial charge in [0.2, 0.25) is 0 Å². The van der Waals surface area contributed by atoms with E-state index in [4.69, 9.17) is 5.73 Å². The fourth-order valence-electron chi connectivity index (χ4n) is 1.33. The van der Waals surface area contributed by atoms with Crippen molar-refractivity contribution < 1.29 is 4.79 Å². The van der Waals surface area contributed by atoms with E-state index >= 15 is 0 Å². The number of thioether (sulfide) groups is 1. The third-order valence-electron chi connectivity index (χ3n) is 1.93. The van der Waals surface area contributed by atoms with E-state index in [1.54, 1.807) is 0 Å². The van der Waals surface area contributed by atoms with Crippen LogP contribution in [0.1, 0.15) is 31.9 Å². The molecule has 3 heteroatoms. The molecule has 0 saturated carbocycles. The van der Waals surface area contributed by atoms with Gasteiger partial charge >= 0.3 is 0 Å². The first-order valence-electron chi connectivity index (χ1n) is 4.82. The normalized spacial score (nSPS) is 19.4. The molecule has 2 nitrogen and oxygen atoms in total. The Kier molecular flexibility index (Phi) is 4.17. The number of fused-ring (bicyclic) bond motifs is 1. The number of benzene rings is 1. The Bertz CT molecular complexity index is 325. The second-order valence-electron chi connectivity index (χ2n) is 2.82. The van der Waals surface area contributed by atoms with Gasteiger partial charge in [-0.15, -0.1) is 0 Å². The van der Waals surface area contributed by atoms with Gasteiger partial charge in [0.1, 0.15) is 0 Å². The van der Waals surface area contributed by atoms with Crippen LogP contribution in [0.25, 0.3) is 0 Å². The molecule has 0 aliphatic carbocycles. The molecule has 2 N–H and O–H groups in total. The molecule has 0 fully saturated rings. The smallest absolute Gasteiger partial charge is 0.195 e. The molecular weight excluding hydrogens is 194 g/mol. The van der Waals surface area contributed by atoms with Crippen molar-refractivity contribution in [1.29, 1.82) is 0 Å². The average Bonchev–Trinajstić information content (AvgIpc) is 2.20. The van der Waals surface area contributed by atoms with Gasteiger partial charge in [0.05, 0.1) is 0 Å². The van der Waals surface area contributed by atoms with Gasteiger partial charge in [-0.3, -0.25) is 4.79 Å². The minimum Gasteiger partial charge on any atom is -0.324 e. The van der Waals surface area contributed by atoms with Crippen LogP contribution in [0.2, 0.25) is 0 Å². The zero-order valence-electron chi connectivity index (χ0n) is 8.49. The summed E-state index contributed by atoms with van der Waals surface area (Å²) in [5.41, 5.74) is 6.90. The molecule has 0 saturated heterocycles. The van der Waals surface area contributed by atoms with Crippen molar-refractivity contribution >= 4 is 16.9 Å². The largest absolute Gasteiger partial charge is 0.324 e. The molecule has 0 spiro atoms. The average molecular weight is 209 g/mol. The lowest BCUT2D eigenvalue weighted by Gasteiger charge is -2.19. The van der Waals surface area contributed by atoms with Crippen LogP contribution >= 0.6 is 11.8 Å². The fraction of sp³-hybridized carbons (Fsp3) is 0.364. The topological polar surface area (TPSA) is 43.1 Å². The summed E-state index contributed by atoms with van der Waals surface area (Å²) < 4.78 is 0. The number of rotatable bonds is 0. The summed E-state index contributed by atoms with van der Waals surface area (Å²) in [6, 6.07) is 7.71. The number of carbonyl (C=O) groups excluding carboxylic acids is 1. The molecule has 1 unspecified atom stereocenters. The zero-order chi connectivity index (χ0) is 10.6. The predicted molar refractivity (Wildman–Crippen MR) is 60.2 cm³/mol. The quantitative estimate of drug-likeness (QED) is 0.714. The van der Waals surface area contributed by atoms with Crippen molar-refractivity contribution in [2.75, 3.05) is 0 Å². The van der Waals surface area contributed by atoms with E-state index < -0.39 is 0 Å². The molecule has 0 radical (unpaired) electrons. The van der Waals surface area contributed by atoms with Gasteiger partial charge in [-0.1, -0.05) is 43.8 Å². The van der Waals surface area contributed by atoms with Gasteiger partial charge in [0, 0.05) is 17.4 Å². The number of nitrogens with two attached hydrogens (primary N) is 1. The van der Waals surface area contributed by atoms with Crippen molar-refractivity contribution in [2.24, 2.45) is 5.73 Å². The Morgan fingerprint density at radius 2 is 2.00 bits per heavy atom. The van der Waals surface area contributed by atoms with E-state index in [1.165, 1.54) is 11.8 Å². The van der Waals surface area contributed by atoms with Crippen molar-refractivity contribution in [3.05, 3.63) is 29.8 Å². The minimum atomic E-state index is -0.102. The van der Waals surface area contributed by atoms with Gasteiger partial charge in [0.25, 0.3) is 0 Å². The molecular formula is C11H15NOS. The van der Waals surface area contributed by atoms with E-state index in [9.17, 15) is 4.79 Å². The van der Waals surface area contributed by atoms with Crippen LogP contribution in [0.15, 0.2) is 29.2 Å². The highest BCUT2D eigenvalue weighted by molar-refractivity contribution is 8.13. The third kappa shape index (κ3) is 2.36. The first kappa shape index (κ1) is 11.3. The van der Waals surface area contributed by atoms with E-state index in [0.29, 0.717) is 6.42 Å². The van der Waals surface area contributed by atoms with E-state index in [2.05, 4.69) is 0 Å². The molecule has 1 aliphatic rings. The second-order valence-corrected chi connectivity index (χ2v) is 3.92. The van der Waals surface area contributed by atoms with Crippen LogP contribution in [0, 0.1) is 0 Å². The zero-order valence-corrected chi connectivity index (χ0v) is 9.30. The molecule has 1 aromatic carbocycles.